The molecule has 0 aliphatic carbocycles. The van der Waals surface area contributed by atoms with Crippen LogP contribution in [0.15, 0.2) is 36.7 Å². The van der Waals surface area contributed by atoms with Crippen LogP contribution in [0.25, 0.3) is 0 Å². The minimum atomic E-state index is 0.0143. The second-order valence-corrected chi connectivity index (χ2v) is 7.51. The average molecular weight is 411 g/mol. The van der Waals surface area contributed by atoms with E-state index in [0.29, 0.717) is 22.1 Å². The molecule has 29 heavy (non-hydrogen) atoms. The number of aromatic nitrogens is 3. The number of carbonyl (C=O) groups is 1. The standard InChI is InChI=1S/C21H23ClN6O/c1-4-28-12-18(13(2)26-28)25-19-10-17(15(22)11-23-19)24-16-7-5-6-14-8-9-27(3)21(29)20(14)16/h5-7,10-12H,4,8-9H2,1-3H3,(H2,23,24,25). The van der Waals surface area contributed by atoms with Crippen molar-refractivity contribution in [3.05, 3.63) is 58.5 Å². The molecule has 7 nitrogen and oxygen atoms in total. The van der Waals surface area contributed by atoms with Gasteiger partial charge in [0, 0.05) is 32.4 Å². The Morgan fingerprint density at radius 3 is 2.79 bits per heavy atom. The van der Waals surface area contributed by atoms with Gasteiger partial charge in [-0.3, -0.25) is 9.48 Å². The van der Waals surface area contributed by atoms with Gasteiger partial charge in [0.15, 0.2) is 0 Å². The zero-order chi connectivity index (χ0) is 20.5. The van der Waals surface area contributed by atoms with Gasteiger partial charge < -0.3 is 15.5 Å². The number of likely N-dealkylation sites (N-methyl/N-ethyl adjacent to an activating group) is 1. The summed E-state index contributed by atoms with van der Waals surface area (Å²) in [6.07, 6.45) is 4.38. The minimum Gasteiger partial charge on any atom is -0.353 e. The van der Waals surface area contributed by atoms with E-state index in [1.54, 1.807) is 11.1 Å². The van der Waals surface area contributed by atoms with Crippen LogP contribution in [0.3, 0.4) is 0 Å². The zero-order valence-corrected chi connectivity index (χ0v) is 17.4. The number of amides is 1. The monoisotopic (exact) mass is 410 g/mol. The lowest BCUT2D eigenvalue weighted by Crippen LogP contribution is -2.34. The largest absolute Gasteiger partial charge is 0.353 e. The highest BCUT2D eigenvalue weighted by atomic mass is 35.5. The fourth-order valence-electron chi connectivity index (χ4n) is 3.43. The summed E-state index contributed by atoms with van der Waals surface area (Å²) in [6, 6.07) is 7.69. The molecule has 2 aromatic heterocycles. The first-order valence-corrected chi connectivity index (χ1v) is 9.95. The summed E-state index contributed by atoms with van der Waals surface area (Å²) in [5.74, 6) is 0.657. The number of hydrogen-bond donors (Lipinski definition) is 2. The van der Waals surface area contributed by atoms with Gasteiger partial charge in [-0.05, 0) is 31.9 Å². The third kappa shape index (κ3) is 3.78. The van der Waals surface area contributed by atoms with E-state index < -0.39 is 0 Å². The summed E-state index contributed by atoms with van der Waals surface area (Å²) in [5.41, 5.74) is 4.95. The van der Waals surface area contributed by atoms with Crippen molar-refractivity contribution in [1.82, 2.24) is 19.7 Å². The molecule has 1 aliphatic rings. The van der Waals surface area contributed by atoms with E-state index in [0.717, 1.165) is 42.1 Å². The van der Waals surface area contributed by atoms with E-state index in [2.05, 4.69) is 20.7 Å². The molecule has 0 saturated heterocycles. The lowest BCUT2D eigenvalue weighted by Gasteiger charge is -2.27. The molecular weight excluding hydrogens is 388 g/mol. The average Bonchev–Trinajstić information content (AvgIpc) is 3.07. The molecule has 0 atom stereocenters. The van der Waals surface area contributed by atoms with Crippen molar-refractivity contribution in [2.45, 2.75) is 26.8 Å². The number of anilines is 4. The summed E-state index contributed by atoms with van der Waals surface area (Å²) < 4.78 is 1.87. The number of carbonyl (C=O) groups excluding carboxylic acids is 1. The predicted molar refractivity (Wildman–Crippen MR) is 116 cm³/mol. The van der Waals surface area contributed by atoms with E-state index >= 15 is 0 Å². The van der Waals surface area contributed by atoms with E-state index in [1.165, 1.54) is 0 Å². The lowest BCUT2D eigenvalue weighted by molar-refractivity contribution is 0.0782. The highest BCUT2D eigenvalue weighted by molar-refractivity contribution is 6.33. The third-order valence-corrected chi connectivity index (χ3v) is 5.39. The molecule has 1 aromatic carbocycles. The Morgan fingerprint density at radius 2 is 2.03 bits per heavy atom. The fraction of sp³-hybridized carbons (Fsp3) is 0.286. The number of nitrogens with one attached hydrogen (secondary N) is 2. The van der Waals surface area contributed by atoms with Gasteiger partial charge in [-0.2, -0.15) is 5.10 Å². The molecule has 8 heteroatoms. The predicted octanol–water partition coefficient (Wildman–Crippen LogP) is 4.38. The first kappa shape index (κ1) is 19.3. The number of halogens is 1. The summed E-state index contributed by atoms with van der Waals surface area (Å²) in [5, 5.41) is 11.5. The van der Waals surface area contributed by atoms with Crippen molar-refractivity contribution in [2.24, 2.45) is 0 Å². The molecule has 1 aliphatic heterocycles. The van der Waals surface area contributed by atoms with E-state index in [1.807, 2.05) is 56.0 Å². The fourth-order valence-corrected chi connectivity index (χ4v) is 3.58. The van der Waals surface area contributed by atoms with E-state index in [-0.39, 0.29) is 5.91 Å². The molecule has 4 rings (SSSR count). The summed E-state index contributed by atoms with van der Waals surface area (Å²) in [7, 11) is 1.82. The number of pyridine rings is 1. The van der Waals surface area contributed by atoms with Crippen molar-refractivity contribution in [1.29, 1.82) is 0 Å². The Hall–Kier alpha value is -3.06. The maximum atomic E-state index is 12.7. The van der Waals surface area contributed by atoms with Crippen LogP contribution in [-0.2, 0) is 13.0 Å². The normalized spacial score (nSPS) is 13.4. The molecule has 0 bridgehead atoms. The van der Waals surface area contributed by atoms with Crippen molar-refractivity contribution < 1.29 is 4.79 Å². The molecule has 2 N–H and O–H groups in total. The SMILES string of the molecule is CCn1cc(Nc2cc(Nc3cccc4c3C(=O)N(C)CC4)c(Cl)cn2)c(C)n1. The quantitative estimate of drug-likeness (QED) is 0.653. The number of nitrogens with zero attached hydrogens (tertiary/aromatic N) is 4. The van der Waals surface area contributed by atoms with Crippen LogP contribution in [0, 0.1) is 6.92 Å². The second-order valence-electron chi connectivity index (χ2n) is 7.10. The first-order chi connectivity index (χ1) is 14.0. The Labute approximate surface area is 174 Å². The lowest BCUT2D eigenvalue weighted by atomic mass is 9.97. The van der Waals surface area contributed by atoms with Gasteiger partial charge in [0.1, 0.15) is 5.82 Å². The second kappa shape index (κ2) is 7.75. The van der Waals surface area contributed by atoms with Gasteiger partial charge in [-0.1, -0.05) is 23.7 Å². The Balaban J connectivity index is 1.64. The maximum Gasteiger partial charge on any atom is 0.255 e. The van der Waals surface area contributed by atoms with Crippen LogP contribution in [0.4, 0.5) is 22.9 Å². The van der Waals surface area contributed by atoms with Crippen molar-refractivity contribution in [3.8, 4) is 0 Å². The minimum absolute atomic E-state index is 0.0143. The third-order valence-electron chi connectivity index (χ3n) is 5.09. The number of fused-ring (bicyclic) bond motifs is 1. The molecule has 0 radical (unpaired) electrons. The van der Waals surface area contributed by atoms with Crippen LogP contribution in [0.1, 0.15) is 28.5 Å². The highest BCUT2D eigenvalue weighted by Crippen LogP contribution is 2.32. The van der Waals surface area contributed by atoms with Crippen molar-refractivity contribution in [2.75, 3.05) is 24.2 Å². The van der Waals surface area contributed by atoms with Crippen LogP contribution in [-0.4, -0.2) is 39.2 Å². The summed E-state index contributed by atoms with van der Waals surface area (Å²) in [6.45, 7) is 5.51. The molecule has 0 unspecified atom stereocenters. The Morgan fingerprint density at radius 1 is 1.21 bits per heavy atom. The van der Waals surface area contributed by atoms with E-state index in [4.69, 9.17) is 11.6 Å². The molecule has 3 heterocycles. The molecule has 150 valence electrons. The van der Waals surface area contributed by atoms with Gasteiger partial charge in [0.25, 0.3) is 5.91 Å². The molecule has 3 aromatic rings. The van der Waals surface area contributed by atoms with Crippen LogP contribution in [0.2, 0.25) is 5.02 Å². The first-order valence-electron chi connectivity index (χ1n) is 9.57. The molecular formula is C21H23ClN6O. The van der Waals surface area contributed by atoms with Gasteiger partial charge in [0.2, 0.25) is 0 Å². The number of hydrogen-bond acceptors (Lipinski definition) is 5. The van der Waals surface area contributed by atoms with Crippen molar-refractivity contribution >= 4 is 40.4 Å². The summed E-state index contributed by atoms with van der Waals surface area (Å²) >= 11 is 6.39. The number of rotatable bonds is 5. The van der Waals surface area contributed by atoms with Gasteiger partial charge in [-0.25, -0.2) is 4.98 Å². The van der Waals surface area contributed by atoms with Gasteiger partial charge >= 0.3 is 0 Å². The van der Waals surface area contributed by atoms with E-state index in [9.17, 15) is 4.79 Å². The maximum absolute atomic E-state index is 12.7. The van der Waals surface area contributed by atoms with Crippen molar-refractivity contribution in [3.63, 3.8) is 0 Å². The Kier molecular flexibility index (Phi) is 5.15. The van der Waals surface area contributed by atoms with Gasteiger partial charge in [-0.15, -0.1) is 0 Å². The smallest absolute Gasteiger partial charge is 0.255 e. The van der Waals surface area contributed by atoms with Crippen LogP contribution >= 0.6 is 11.6 Å². The van der Waals surface area contributed by atoms with Gasteiger partial charge in [0.05, 0.1) is 39.5 Å². The highest BCUT2D eigenvalue weighted by Gasteiger charge is 2.24. The molecule has 0 spiro atoms. The number of benzene rings is 1. The Bertz CT molecular complexity index is 1080. The number of aryl methyl sites for hydroxylation is 2. The molecule has 0 fully saturated rings. The topological polar surface area (TPSA) is 75.1 Å². The van der Waals surface area contributed by atoms with Crippen LogP contribution < -0.4 is 10.6 Å². The molecule has 1 amide bonds. The van der Waals surface area contributed by atoms with Crippen LogP contribution in [0.5, 0.6) is 0 Å². The molecule has 0 saturated carbocycles. The zero-order valence-electron chi connectivity index (χ0n) is 16.7. The summed E-state index contributed by atoms with van der Waals surface area (Å²) in [4.78, 5) is 18.8.